The van der Waals surface area contributed by atoms with Crippen molar-refractivity contribution in [1.82, 2.24) is 4.98 Å². The van der Waals surface area contributed by atoms with Gasteiger partial charge in [-0.2, -0.15) is 5.10 Å². The van der Waals surface area contributed by atoms with E-state index in [1.807, 2.05) is 49.4 Å². The lowest BCUT2D eigenvalue weighted by molar-refractivity contribution is 0.415. The van der Waals surface area contributed by atoms with Crippen LogP contribution in [0.4, 0.5) is 0 Å². The van der Waals surface area contributed by atoms with Crippen molar-refractivity contribution < 1.29 is 4.74 Å². The van der Waals surface area contributed by atoms with E-state index in [1.54, 1.807) is 13.3 Å². The van der Waals surface area contributed by atoms with Crippen molar-refractivity contribution >= 4 is 11.9 Å². The van der Waals surface area contributed by atoms with Crippen LogP contribution in [0.25, 0.3) is 11.3 Å². The zero-order valence-corrected chi connectivity index (χ0v) is 14.1. The number of fused-ring (bicyclic) bond motifs is 3. The summed E-state index contributed by atoms with van der Waals surface area (Å²) in [7, 11) is 1.65. The molecule has 1 aliphatic rings. The number of benzene rings is 2. The van der Waals surface area contributed by atoms with Gasteiger partial charge in [-0.15, -0.1) is 5.10 Å². The fraction of sp³-hybridized carbons (Fsp3) is 0.0952. The minimum Gasteiger partial charge on any atom is -0.497 e. The molecule has 0 atom stereocenters. The molecule has 0 fully saturated rings. The van der Waals surface area contributed by atoms with E-state index in [1.165, 1.54) is 0 Å². The number of nitrogens with zero attached hydrogens (tertiary/aromatic N) is 3. The van der Waals surface area contributed by atoms with Gasteiger partial charge in [-0.1, -0.05) is 24.3 Å². The lowest BCUT2D eigenvalue weighted by atomic mass is 10.1. The number of pyridine rings is 1. The molecule has 122 valence electrons. The van der Waals surface area contributed by atoms with Gasteiger partial charge in [0.1, 0.15) is 11.5 Å². The van der Waals surface area contributed by atoms with Crippen LogP contribution >= 0.6 is 0 Å². The van der Waals surface area contributed by atoms with Crippen LogP contribution in [-0.4, -0.2) is 24.0 Å². The van der Waals surface area contributed by atoms with Crippen LogP contribution in [0.3, 0.4) is 0 Å². The average Bonchev–Trinajstić information content (AvgIpc) is 2.96. The summed E-state index contributed by atoms with van der Waals surface area (Å²) >= 11 is 0. The largest absolute Gasteiger partial charge is 0.497 e. The van der Waals surface area contributed by atoms with Gasteiger partial charge in [-0.3, -0.25) is 4.98 Å². The molecule has 0 amide bonds. The molecular formula is C21H17N3O. The molecule has 0 aliphatic heterocycles. The summed E-state index contributed by atoms with van der Waals surface area (Å²) < 4.78 is 5.16. The SMILES string of the molecule is COc1ccc(/C=N/N=C2/c3ccccc3-c3nc(C)ccc32)cc1. The smallest absolute Gasteiger partial charge is 0.118 e. The third-order valence-electron chi connectivity index (χ3n) is 4.21. The molecule has 0 radical (unpaired) electrons. The highest BCUT2D eigenvalue weighted by molar-refractivity contribution is 6.23. The highest BCUT2D eigenvalue weighted by Crippen LogP contribution is 2.35. The predicted molar refractivity (Wildman–Crippen MR) is 101 cm³/mol. The monoisotopic (exact) mass is 327 g/mol. The van der Waals surface area contributed by atoms with Gasteiger partial charge in [0.15, 0.2) is 0 Å². The molecule has 1 aliphatic carbocycles. The second kappa shape index (κ2) is 6.32. The van der Waals surface area contributed by atoms with Gasteiger partial charge in [0, 0.05) is 22.4 Å². The van der Waals surface area contributed by atoms with Crippen molar-refractivity contribution in [2.45, 2.75) is 6.92 Å². The molecule has 0 saturated carbocycles. The minimum atomic E-state index is 0.823. The first-order valence-electron chi connectivity index (χ1n) is 8.09. The van der Waals surface area contributed by atoms with Gasteiger partial charge in [0.2, 0.25) is 0 Å². The lowest BCUT2D eigenvalue weighted by Crippen LogP contribution is -1.98. The van der Waals surface area contributed by atoms with Gasteiger partial charge in [-0.25, -0.2) is 0 Å². The molecule has 25 heavy (non-hydrogen) atoms. The van der Waals surface area contributed by atoms with Crippen molar-refractivity contribution in [1.29, 1.82) is 0 Å². The Kier molecular flexibility index (Phi) is 3.86. The first kappa shape index (κ1) is 15.3. The van der Waals surface area contributed by atoms with E-state index in [0.717, 1.165) is 45.1 Å². The number of hydrogen-bond acceptors (Lipinski definition) is 4. The van der Waals surface area contributed by atoms with Crippen molar-refractivity contribution in [3.63, 3.8) is 0 Å². The summed E-state index contributed by atoms with van der Waals surface area (Å²) in [5.74, 6) is 0.823. The molecule has 4 rings (SSSR count). The summed E-state index contributed by atoms with van der Waals surface area (Å²) in [6.45, 7) is 2.00. The van der Waals surface area contributed by atoms with E-state index in [4.69, 9.17) is 4.74 Å². The zero-order valence-electron chi connectivity index (χ0n) is 14.1. The third kappa shape index (κ3) is 2.83. The van der Waals surface area contributed by atoms with Crippen molar-refractivity contribution in [2.24, 2.45) is 10.2 Å². The maximum absolute atomic E-state index is 5.16. The molecule has 4 heteroatoms. The summed E-state index contributed by atoms with van der Waals surface area (Å²) in [6, 6.07) is 20.0. The van der Waals surface area contributed by atoms with E-state index in [2.05, 4.69) is 33.4 Å². The van der Waals surface area contributed by atoms with Crippen LogP contribution in [0.1, 0.15) is 22.4 Å². The van der Waals surface area contributed by atoms with Crippen LogP contribution < -0.4 is 4.74 Å². The molecule has 0 saturated heterocycles. The normalized spacial score (nSPS) is 13.9. The minimum absolute atomic E-state index is 0.823. The van der Waals surface area contributed by atoms with E-state index >= 15 is 0 Å². The van der Waals surface area contributed by atoms with Crippen LogP contribution in [0, 0.1) is 6.92 Å². The van der Waals surface area contributed by atoms with Crippen molar-refractivity contribution in [3.8, 4) is 17.0 Å². The maximum atomic E-state index is 5.16. The van der Waals surface area contributed by atoms with Gasteiger partial charge in [0.25, 0.3) is 0 Å². The lowest BCUT2D eigenvalue weighted by Gasteiger charge is -2.00. The summed E-state index contributed by atoms with van der Waals surface area (Å²) in [6.07, 6.45) is 1.74. The van der Waals surface area contributed by atoms with E-state index in [0.29, 0.717) is 0 Å². The maximum Gasteiger partial charge on any atom is 0.118 e. The molecular weight excluding hydrogens is 310 g/mol. The van der Waals surface area contributed by atoms with Crippen molar-refractivity contribution in [2.75, 3.05) is 7.11 Å². The third-order valence-corrected chi connectivity index (χ3v) is 4.21. The van der Waals surface area contributed by atoms with Crippen LogP contribution in [-0.2, 0) is 0 Å². The molecule has 0 spiro atoms. The molecule has 0 bridgehead atoms. The standard InChI is InChI=1S/C21H17N3O/c1-14-7-12-19-20(23-14)17-5-3-4-6-18(17)21(19)24-22-13-15-8-10-16(25-2)11-9-15/h3-13H,1-2H3/b22-13+,24-21-. The van der Waals surface area contributed by atoms with E-state index in [-0.39, 0.29) is 0 Å². The topological polar surface area (TPSA) is 46.8 Å². The Morgan fingerprint density at radius 2 is 1.64 bits per heavy atom. The van der Waals surface area contributed by atoms with Crippen LogP contribution in [0.2, 0.25) is 0 Å². The number of ether oxygens (including phenoxy) is 1. The second-order valence-corrected chi connectivity index (χ2v) is 5.86. The van der Waals surface area contributed by atoms with Crippen LogP contribution in [0.15, 0.2) is 70.9 Å². The molecule has 2 aromatic carbocycles. The van der Waals surface area contributed by atoms with Gasteiger partial charge < -0.3 is 4.74 Å². The first-order chi connectivity index (χ1) is 12.3. The Morgan fingerprint density at radius 1 is 0.880 bits per heavy atom. The Labute approximate surface area is 146 Å². The second-order valence-electron chi connectivity index (χ2n) is 5.86. The van der Waals surface area contributed by atoms with Gasteiger partial charge in [0.05, 0.1) is 19.0 Å². The van der Waals surface area contributed by atoms with E-state index < -0.39 is 0 Å². The van der Waals surface area contributed by atoms with Gasteiger partial charge in [-0.05, 0) is 48.9 Å². The zero-order chi connectivity index (χ0) is 17.2. The first-order valence-corrected chi connectivity index (χ1v) is 8.09. The Hall–Kier alpha value is -3.27. The fourth-order valence-electron chi connectivity index (χ4n) is 2.95. The van der Waals surface area contributed by atoms with Crippen molar-refractivity contribution in [3.05, 3.63) is 83.0 Å². The number of aryl methyl sites for hydroxylation is 1. The van der Waals surface area contributed by atoms with E-state index in [9.17, 15) is 0 Å². The number of rotatable bonds is 3. The average molecular weight is 327 g/mol. The van der Waals surface area contributed by atoms with Crippen LogP contribution in [0.5, 0.6) is 5.75 Å². The highest BCUT2D eigenvalue weighted by atomic mass is 16.5. The predicted octanol–water partition coefficient (Wildman–Crippen LogP) is 4.25. The molecule has 3 aromatic rings. The number of hydrogen-bond donors (Lipinski definition) is 0. The highest BCUT2D eigenvalue weighted by Gasteiger charge is 2.25. The fourth-order valence-corrected chi connectivity index (χ4v) is 2.95. The molecule has 0 N–H and O–H groups in total. The molecule has 0 unspecified atom stereocenters. The molecule has 1 aromatic heterocycles. The molecule has 4 nitrogen and oxygen atoms in total. The number of methoxy groups -OCH3 is 1. The summed E-state index contributed by atoms with van der Waals surface area (Å²) in [5.41, 5.74) is 7.02. The molecule has 1 heterocycles. The summed E-state index contributed by atoms with van der Waals surface area (Å²) in [4.78, 5) is 4.68. The Balaban J connectivity index is 1.72. The summed E-state index contributed by atoms with van der Waals surface area (Å²) in [5, 5.41) is 8.78. The Morgan fingerprint density at radius 3 is 2.40 bits per heavy atom. The quantitative estimate of drug-likeness (QED) is 0.417. The number of aromatic nitrogens is 1. The van der Waals surface area contributed by atoms with Gasteiger partial charge >= 0.3 is 0 Å². The Bertz CT molecular complexity index is 988.